The van der Waals surface area contributed by atoms with Crippen LogP contribution in [-0.2, 0) is 6.54 Å². The van der Waals surface area contributed by atoms with Gasteiger partial charge in [0, 0.05) is 43.6 Å². The summed E-state index contributed by atoms with van der Waals surface area (Å²) in [6.45, 7) is 1.92. The Labute approximate surface area is 149 Å². The van der Waals surface area contributed by atoms with Crippen LogP contribution in [-0.4, -0.2) is 35.1 Å². The summed E-state index contributed by atoms with van der Waals surface area (Å²) < 4.78 is 53.5. The zero-order valence-electron chi connectivity index (χ0n) is 14.3. The Hall–Kier alpha value is -1.95. The molecular formula is C20H20F4N2. The average molecular weight is 364 g/mol. The minimum atomic E-state index is -2.68. The summed E-state index contributed by atoms with van der Waals surface area (Å²) in [7, 11) is 0. The normalized spacial score (nSPS) is 23.2. The summed E-state index contributed by atoms with van der Waals surface area (Å²) >= 11 is 0. The summed E-state index contributed by atoms with van der Waals surface area (Å²) in [4.78, 5) is 6.04. The quantitative estimate of drug-likeness (QED) is 0.564. The molecule has 1 atom stereocenters. The second kappa shape index (κ2) is 6.65. The number of hydrogen-bond acceptors (Lipinski definition) is 2. The monoisotopic (exact) mass is 364 g/mol. The van der Waals surface area contributed by atoms with E-state index in [1.165, 1.54) is 0 Å². The summed E-state index contributed by atoms with van der Waals surface area (Å²) in [5.41, 5.74) is 2.58. The van der Waals surface area contributed by atoms with Gasteiger partial charge < -0.3 is 0 Å². The van der Waals surface area contributed by atoms with Gasteiger partial charge in [-0.15, -0.1) is 0 Å². The van der Waals surface area contributed by atoms with Crippen LogP contribution in [0.2, 0.25) is 0 Å². The van der Waals surface area contributed by atoms with Gasteiger partial charge in [0.15, 0.2) is 0 Å². The third kappa shape index (κ3) is 3.61. The van der Waals surface area contributed by atoms with E-state index < -0.39 is 24.0 Å². The van der Waals surface area contributed by atoms with Crippen molar-refractivity contribution in [3.63, 3.8) is 0 Å². The lowest BCUT2D eigenvalue weighted by Gasteiger charge is -2.35. The van der Waals surface area contributed by atoms with Crippen molar-refractivity contribution in [2.24, 2.45) is 0 Å². The van der Waals surface area contributed by atoms with Crippen molar-refractivity contribution in [2.75, 3.05) is 13.1 Å². The fraction of sp³-hybridized carbons (Fsp3) is 0.450. The minimum Gasteiger partial charge on any atom is -0.296 e. The van der Waals surface area contributed by atoms with E-state index in [0.29, 0.717) is 25.2 Å². The van der Waals surface area contributed by atoms with Crippen LogP contribution in [0, 0.1) is 5.95 Å². The van der Waals surface area contributed by atoms with Crippen molar-refractivity contribution >= 4 is 0 Å². The fourth-order valence-corrected chi connectivity index (χ4v) is 3.76. The second-order valence-corrected chi connectivity index (χ2v) is 7.36. The molecule has 0 amide bonds. The number of aromatic nitrogens is 1. The maximum Gasteiger partial charge on any atom is 0.249 e. The van der Waals surface area contributed by atoms with Crippen LogP contribution >= 0.6 is 0 Å². The number of hydrogen-bond donors (Lipinski definition) is 0. The highest BCUT2D eigenvalue weighted by Gasteiger charge is 2.46. The molecule has 0 radical (unpaired) electrons. The van der Waals surface area contributed by atoms with Gasteiger partial charge in [-0.1, -0.05) is 30.3 Å². The van der Waals surface area contributed by atoms with E-state index in [2.05, 4.69) is 9.88 Å². The Kier molecular flexibility index (Phi) is 4.47. The number of benzene rings is 1. The van der Waals surface area contributed by atoms with E-state index >= 15 is 0 Å². The van der Waals surface area contributed by atoms with E-state index in [9.17, 15) is 17.6 Å². The summed E-state index contributed by atoms with van der Waals surface area (Å²) in [5.74, 6) is -3.80. The first-order valence-electron chi connectivity index (χ1n) is 8.90. The summed E-state index contributed by atoms with van der Waals surface area (Å²) in [6, 6.07) is 10.8. The third-order valence-corrected chi connectivity index (χ3v) is 5.28. The minimum absolute atomic E-state index is 0.270. The van der Waals surface area contributed by atoms with Gasteiger partial charge in [0.05, 0.1) is 5.69 Å². The molecule has 1 aromatic carbocycles. The van der Waals surface area contributed by atoms with Gasteiger partial charge >= 0.3 is 0 Å². The molecule has 1 unspecified atom stereocenters. The largest absolute Gasteiger partial charge is 0.296 e. The van der Waals surface area contributed by atoms with Crippen molar-refractivity contribution in [1.82, 2.24) is 9.88 Å². The number of halogens is 4. The molecule has 2 aromatic rings. The molecule has 2 heterocycles. The first-order chi connectivity index (χ1) is 12.4. The zero-order chi connectivity index (χ0) is 18.3. The molecule has 0 N–H and O–H groups in total. The molecule has 0 bridgehead atoms. The predicted octanol–water partition coefficient (Wildman–Crippen LogP) is 4.94. The maximum atomic E-state index is 14.2. The number of likely N-dealkylation sites (tertiary alicyclic amines) is 1. The maximum absolute atomic E-state index is 14.2. The van der Waals surface area contributed by atoms with E-state index in [1.807, 2.05) is 24.3 Å². The lowest BCUT2D eigenvalue weighted by Crippen LogP contribution is -2.34. The van der Waals surface area contributed by atoms with E-state index in [0.717, 1.165) is 17.7 Å². The molecule has 1 saturated heterocycles. The lowest BCUT2D eigenvalue weighted by molar-refractivity contribution is -0.0874. The standard InChI is InChI=1S/C20H20F4N2/c21-16-7-8-26(12-16)11-13-1-3-14(4-2-13)18-6-5-17(19(22)25-18)15-9-20(23,24)10-15/h1-6,15-16H,7-12H2. The molecule has 1 aromatic heterocycles. The van der Waals surface area contributed by atoms with Gasteiger partial charge in [0.25, 0.3) is 0 Å². The van der Waals surface area contributed by atoms with Gasteiger partial charge in [0.2, 0.25) is 11.9 Å². The molecule has 4 rings (SSSR count). The Balaban J connectivity index is 1.45. The fourth-order valence-electron chi connectivity index (χ4n) is 3.76. The van der Waals surface area contributed by atoms with Crippen molar-refractivity contribution in [2.45, 2.75) is 43.8 Å². The predicted molar refractivity (Wildman–Crippen MR) is 91.3 cm³/mol. The highest BCUT2D eigenvalue weighted by atomic mass is 19.3. The Morgan fingerprint density at radius 2 is 1.81 bits per heavy atom. The van der Waals surface area contributed by atoms with Crippen LogP contribution in [0.1, 0.15) is 36.3 Å². The summed E-state index contributed by atoms with van der Waals surface area (Å²) in [5, 5.41) is 0. The number of nitrogens with zero attached hydrogens (tertiary/aromatic N) is 2. The van der Waals surface area contributed by atoms with Crippen molar-refractivity contribution in [3.05, 3.63) is 53.5 Å². The van der Waals surface area contributed by atoms with E-state index in [4.69, 9.17) is 0 Å². The molecule has 2 fully saturated rings. The second-order valence-electron chi connectivity index (χ2n) is 7.36. The van der Waals surface area contributed by atoms with Gasteiger partial charge in [0.1, 0.15) is 6.17 Å². The Bertz CT molecular complexity index is 783. The Morgan fingerprint density at radius 1 is 1.08 bits per heavy atom. The average Bonchev–Trinajstić information content (AvgIpc) is 2.98. The smallest absolute Gasteiger partial charge is 0.249 e. The van der Waals surface area contributed by atoms with Crippen LogP contribution in [0.4, 0.5) is 17.6 Å². The van der Waals surface area contributed by atoms with Gasteiger partial charge in [-0.2, -0.15) is 4.39 Å². The summed E-state index contributed by atoms with van der Waals surface area (Å²) in [6.07, 6.45) is -0.776. The first kappa shape index (κ1) is 17.5. The zero-order valence-corrected chi connectivity index (χ0v) is 14.3. The van der Waals surface area contributed by atoms with E-state index in [1.54, 1.807) is 12.1 Å². The SMILES string of the molecule is Fc1nc(-c2ccc(CN3CCC(F)C3)cc2)ccc1C1CC(F)(F)C1. The van der Waals surface area contributed by atoms with Crippen LogP contribution in [0.3, 0.4) is 0 Å². The molecule has 2 nitrogen and oxygen atoms in total. The molecule has 1 saturated carbocycles. The van der Waals surface area contributed by atoms with Crippen LogP contribution < -0.4 is 0 Å². The first-order valence-corrected chi connectivity index (χ1v) is 8.90. The molecule has 2 aliphatic rings. The molecular weight excluding hydrogens is 344 g/mol. The van der Waals surface area contributed by atoms with Gasteiger partial charge in [-0.05, 0) is 24.0 Å². The molecule has 0 spiro atoms. The number of rotatable bonds is 4. The van der Waals surface area contributed by atoms with Crippen LogP contribution in [0.15, 0.2) is 36.4 Å². The number of pyridine rings is 1. The van der Waals surface area contributed by atoms with Crippen molar-refractivity contribution in [3.8, 4) is 11.3 Å². The number of alkyl halides is 3. The molecule has 6 heteroatoms. The highest BCUT2D eigenvalue weighted by Crippen LogP contribution is 2.48. The van der Waals surface area contributed by atoms with Crippen molar-refractivity contribution in [1.29, 1.82) is 0 Å². The molecule has 1 aliphatic heterocycles. The van der Waals surface area contributed by atoms with Crippen molar-refractivity contribution < 1.29 is 17.6 Å². The van der Waals surface area contributed by atoms with E-state index in [-0.39, 0.29) is 18.4 Å². The molecule has 138 valence electrons. The lowest BCUT2D eigenvalue weighted by atomic mass is 9.77. The third-order valence-electron chi connectivity index (χ3n) is 5.28. The van der Waals surface area contributed by atoms with Gasteiger partial charge in [-0.25, -0.2) is 18.2 Å². The van der Waals surface area contributed by atoms with Crippen LogP contribution in [0.25, 0.3) is 11.3 Å². The topological polar surface area (TPSA) is 16.1 Å². The Morgan fingerprint density at radius 3 is 2.38 bits per heavy atom. The molecule has 1 aliphatic carbocycles. The van der Waals surface area contributed by atoms with Crippen LogP contribution in [0.5, 0.6) is 0 Å². The van der Waals surface area contributed by atoms with Gasteiger partial charge in [-0.3, -0.25) is 4.90 Å². The highest BCUT2D eigenvalue weighted by molar-refractivity contribution is 5.59. The molecule has 26 heavy (non-hydrogen) atoms.